The molecule has 1 saturated heterocycles. The molecule has 4 fully saturated rings. The number of aliphatic hydroxyl groups is 1. The van der Waals surface area contributed by atoms with Gasteiger partial charge >= 0.3 is 18.2 Å². The first-order chi connectivity index (χ1) is 39.0. The number of imide groups is 1. The first kappa shape index (κ1) is 62.1. The van der Waals surface area contributed by atoms with Gasteiger partial charge in [0.05, 0.1) is 12.2 Å². The Balaban J connectivity index is 0.834. The number of allylic oxidation sites excluding steroid dienone is 4. The van der Waals surface area contributed by atoms with E-state index in [2.05, 4.69) is 44.4 Å². The number of fused-ring (bicyclic) bond motifs is 7. The van der Waals surface area contributed by atoms with E-state index in [1.54, 1.807) is 38.1 Å². The monoisotopic (exact) mass is 1140 g/mol. The van der Waals surface area contributed by atoms with Crippen molar-refractivity contribution in [3.05, 3.63) is 65.8 Å². The second kappa shape index (κ2) is 27.0. The number of hydrogen-bond donors (Lipinski definition) is 9. The number of hydrogen-bond acceptors (Lipinski definition) is 16. The van der Waals surface area contributed by atoms with Gasteiger partial charge in [-0.1, -0.05) is 71.2 Å². The largest absolute Gasteiger partial charge is 0.443 e. The third kappa shape index (κ3) is 14.2. The van der Waals surface area contributed by atoms with E-state index in [1.807, 2.05) is 19.9 Å². The van der Waals surface area contributed by atoms with E-state index < -0.39 is 108 Å². The molecule has 1 unspecified atom stereocenters. The number of carbonyl (C=O) groups is 11. The van der Waals surface area contributed by atoms with E-state index in [4.69, 9.17) is 24.7 Å². The highest BCUT2D eigenvalue weighted by molar-refractivity contribution is 6.12. The van der Waals surface area contributed by atoms with Crippen LogP contribution in [0.2, 0.25) is 0 Å². The van der Waals surface area contributed by atoms with Gasteiger partial charge in [0, 0.05) is 54.1 Å². The zero-order chi connectivity index (χ0) is 59.5. The highest BCUT2D eigenvalue weighted by Gasteiger charge is 2.76. The number of urea groups is 1. The van der Waals surface area contributed by atoms with Crippen LogP contribution < -0.4 is 43.2 Å². The van der Waals surface area contributed by atoms with Gasteiger partial charge in [-0.2, -0.15) is 0 Å². The van der Waals surface area contributed by atoms with Crippen LogP contribution in [0.25, 0.3) is 0 Å². The van der Waals surface area contributed by atoms with Crippen LogP contribution in [-0.4, -0.2) is 138 Å². The highest BCUT2D eigenvalue weighted by Crippen LogP contribution is 2.69. The Morgan fingerprint density at radius 2 is 1.60 bits per heavy atom. The van der Waals surface area contributed by atoms with E-state index >= 15 is 0 Å². The van der Waals surface area contributed by atoms with E-state index in [9.17, 15) is 57.8 Å². The number of benzene rings is 1. The molecule has 0 radical (unpaired) electrons. The van der Waals surface area contributed by atoms with E-state index in [-0.39, 0.29) is 86.6 Å². The fourth-order valence-electron chi connectivity index (χ4n) is 12.9. The number of anilines is 1. The Hall–Kier alpha value is -7.51. The number of ketones is 2. The summed E-state index contributed by atoms with van der Waals surface area (Å²) >= 11 is 0. The molecule has 6 aliphatic rings. The molecule has 0 aromatic heterocycles. The fourth-order valence-corrected chi connectivity index (χ4v) is 12.9. The molecule has 25 nitrogen and oxygen atoms in total. The summed E-state index contributed by atoms with van der Waals surface area (Å²) in [6, 6.07) is 3.28. The van der Waals surface area contributed by atoms with Crippen molar-refractivity contribution in [3.63, 3.8) is 0 Å². The van der Waals surface area contributed by atoms with Crippen LogP contribution in [0.1, 0.15) is 117 Å². The van der Waals surface area contributed by atoms with Gasteiger partial charge in [0.25, 0.3) is 17.7 Å². The van der Waals surface area contributed by atoms with Crippen molar-refractivity contribution in [3.8, 4) is 0 Å². The third-order valence-corrected chi connectivity index (χ3v) is 16.9. The zero-order valence-electron chi connectivity index (χ0n) is 47.0. The van der Waals surface area contributed by atoms with Gasteiger partial charge < -0.3 is 56.4 Å². The lowest BCUT2D eigenvalue weighted by Gasteiger charge is -2.59. The maximum atomic E-state index is 14.5. The minimum absolute atomic E-state index is 0.0102. The molecule has 7 rings (SSSR count). The quantitative estimate of drug-likeness (QED) is 0.0386. The van der Waals surface area contributed by atoms with Crippen molar-refractivity contribution >= 4 is 70.9 Å². The summed E-state index contributed by atoms with van der Waals surface area (Å²) in [6.07, 6.45) is 8.57. The van der Waals surface area contributed by atoms with Crippen LogP contribution in [-0.2, 0) is 63.9 Å². The summed E-state index contributed by atoms with van der Waals surface area (Å²) in [6.45, 7) is 8.18. The predicted molar refractivity (Wildman–Crippen MR) is 292 cm³/mol. The van der Waals surface area contributed by atoms with Crippen molar-refractivity contribution in [1.29, 1.82) is 0 Å². The molecule has 3 saturated carbocycles. The topological polar surface area (TPSA) is 358 Å². The SMILES string of the molecule is CCCC1O[C@@H]2C[C@H]3[C@@H]4CCC5=CC(=O)C=C[C@]5(C)[C@H]4[C@@H](O)C[C@]3(C)[C@]2(C(=O)COC(=O)NCC(=O)NNC(=O)OCc2ccc(NC(=O)[C@H](CCCNC(N)=O)NC(=O)[C@@H](NC(=O)CCCCCN3C(=O)C=CC3=O)C(C)C)cc2)O1. The number of unbranched alkanes of at least 4 members (excludes halogenated alkanes) is 2. The molecule has 0 spiro atoms. The molecule has 25 heteroatoms. The molecule has 2 aliphatic heterocycles. The molecule has 1 aromatic rings. The summed E-state index contributed by atoms with van der Waals surface area (Å²) in [5.41, 5.74) is 8.23. The van der Waals surface area contributed by atoms with Gasteiger partial charge in [0.1, 0.15) is 25.2 Å². The third-order valence-electron chi connectivity index (χ3n) is 16.9. The van der Waals surface area contributed by atoms with Gasteiger partial charge in [0.15, 0.2) is 24.3 Å². The van der Waals surface area contributed by atoms with Gasteiger partial charge in [-0.3, -0.25) is 48.7 Å². The normalized spacial score (nSPS) is 27.4. The summed E-state index contributed by atoms with van der Waals surface area (Å²) in [7, 11) is 0. The number of nitrogens with zero attached hydrogens (tertiary/aromatic N) is 1. The number of primary amides is 1. The average Bonchev–Trinajstić information content (AvgIpc) is 1.55. The second-order valence-electron chi connectivity index (χ2n) is 22.7. The van der Waals surface area contributed by atoms with Gasteiger partial charge in [0.2, 0.25) is 23.5 Å². The van der Waals surface area contributed by atoms with Crippen LogP contribution in [0.4, 0.5) is 20.1 Å². The number of rotatable bonds is 25. The number of alkyl carbamates (subject to hydrolysis) is 1. The lowest BCUT2D eigenvalue weighted by molar-refractivity contribution is -0.200. The Morgan fingerprint density at radius 1 is 0.866 bits per heavy atom. The molecule has 1 aromatic carbocycles. The Bertz CT molecular complexity index is 2710. The predicted octanol–water partition coefficient (Wildman–Crippen LogP) is 2.91. The minimum Gasteiger partial charge on any atom is -0.443 e. The number of nitrogens with two attached hydrogens (primary N) is 1. The summed E-state index contributed by atoms with van der Waals surface area (Å²) in [5, 5.41) is 24.9. The van der Waals surface area contributed by atoms with Crippen molar-refractivity contribution in [2.24, 2.45) is 40.2 Å². The molecule has 10 N–H and O–H groups in total. The maximum absolute atomic E-state index is 14.5. The first-order valence-corrected chi connectivity index (χ1v) is 28.2. The van der Waals surface area contributed by atoms with Gasteiger partial charge in [-0.15, -0.1) is 0 Å². The summed E-state index contributed by atoms with van der Waals surface area (Å²) in [5.74, 6) is -4.47. The van der Waals surface area contributed by atoms with Crippen molar-refractivity contribution in [2.75, 3.05) is 31.6 Å². The molecule has 82 heavy (non-hydrogen) atoms. The number of aliphatic hydroxyl groups excluding tert-OH is 1. The summed E-state index contributed by atoms with van der Waals surface area (Å²) < 4.78 is 23.6. The standard InChI is InChI=1S/C57H77N9O16/c1-6-11-47-81-42-27-38-37-19-16-34-26-36(67)22-23-55(34,4)48(37)40(68)28-56(38,5)57(42,82-47)41(69)31-80-53(77)60-29-44(71)64-65-54(78)79-30-33-14-17-35(18-15-33)61-50(74)39(12-10-24-59-52(58)76)62-51(75)49(32(2)3)63-43(70)13-8-7-9-25-66-45(72)20-21-46(66)73/h14-15,17-18,20-23,26,32,37-40,42,47-49,68H,6-13,16,19,24-25,27-31H2,1-5H3,(H,60,77)(H,61,74)(H,62,75)(H,63,70)(H,64,71)(H,65,78)(H3,58,59,76)/t37-,38-,39-,40-,42+,47?,48+,49-,55-,56-,57+/m0/s1. The highest BCUT2D eigenvalue weighted by atomic mass is 16.7. The smallest absolute Gasteiger partial charge is 0.426 e. The van der Waals surface area contributed by atoms with Crippen LogP contribution in [0.3, 0.4) is 0 Å². The molecule has 11 atom stereocenters. The number of carbonyl (C=O) groups excluding carboxylic acids is 11. The van der Waals surface area contributed by atoms with Crippen molar-refractivity contribution < 1.29 is 76.8 Å². The molecule has 2 heterocycles. The van der Waals surface area contributed by atoms with Crippen LogP contribution >= 0.6 is 0 Å². The number of hydrazine groups is 1. The Labute approximate surface area is 475 Å². The van der Waals surface area contributed by atoms with Gasteiger partial charge in [-0.25, -0.2) is 19.8 Å². The fraction of sp³-hybridized carbons (Fsp3) is 0.596. The molecular weight excluding hydrogens is 1070 g/mol. The van der Waals surface area contributed by atoms with Crippen LogP contribution in [0.15, 0.2) is 60.2 Å². The van der Waals surface area contributed by atoms with E-state index in [1.165, 1.54) is 24.3 Å². The minimum atomic E-state index is -1.52. The second-order valence-corrected chi connectivity index (χ2v) is 22.7. The molecule has 0 bridgehead atoms. The molecular formula is C57H77N9O16. The lowest BCUT2D eigenvalue weighted by Crippen LogP contribution is -2.63. The zero-order valence-corrected chi connectivity index (χ0v) is 47.0. The van der Waals surface area contributed by atoms with E-state index in [0.717, 1.165) is 16.9 Å². The number of amides is 10. The average molecular weight is 1140 g/mol. The van der Waals surface area contributed by atoms with Crippen LogP contribution in [0.5, 0.6) is 0 Å². The van der Waals surface area contributed by atoms with Crippen molar-refractivity contribution in [2.45, 2.75) is 154 Å². The number of Topliss-reactive ketones (excluding diaryl/α,β-unsaturated/α-hetero) is 1. The van der Waals surface area contributed by atoms with Crippen LogP contribution in [0, 0.1) is 34.5 Å². The Kier molecular flexibility index (Phi) is 20.5. The Morgan fingerprint density at radius 3 is 2.29 bits per heavy atom. The summed E-state index contributed by atoms with van der Waals surface area (Å²) in [4.78, 5) is 141. The first-order valence-electron chi connectivity index (χ1n) is 28.2. The molecule has 446 valence electrons. The number of ether oxygens (including phenoxy) is 4. The molecule has 4 aliphatic carbocycles. The molecule has 10 amide bonds. The lowest BCUT2D eigenvalue weighted by atomic mass is 9.46. The van der Waals surface area contributed by atoms with Crippen molar-refractivity contribution in [1.82, 2.24) is 37.0 Å². The maximum Gasteiger partial charge on any atom is 0.426 e. The number of nitrogens with one attached hydrogen (secondary N) is 7. The van der Waals surface area contributed by atoms with E-state index in [0.29, 0.717) is 56.2 Å². The van der Waals surface area contributed by atoms with Gasteiger partial charge in [-0.05, 0) is 105 Å².